The van der Waals surface area contributed by atoms with E-state index in [1.807, 2.05) is 25.1 Å². The number of carbonyl (C=O) groups is 1. The van der Waals surface area contributed by atoms with Gasteiger partial charge in [-0.25, -0.2) is 0 Å². The number of hydrogen-bond acceptors (Lipinski definition) is 2. The number of hydrogen-bond donors (Lipinski definition) is 1. The Bertz CT molecular complexity index is 432. The molecular formula is C16H23NO2. The largest absolute Gasteiger partial charge is 0.480 e. The zero-order valence-corrected chi connectivity index (χ0v) is 11.8. The lowest BCUT2D eigenvalue weighted by atomic mass is 9.94. The molecule has 0 spiro atoms. The van der Waals surface area contributed by atoms with Crippen LogP contribution in [0.2, 0.25) is 0 Å². The van der Waals surface area contributed by atoms with Crippen molar-refractivity contribution < 1.29 is 9.90 Å². The lowest BCUT2D eigenvalue weighted by Gasteiger charge is -2.37. The fraction of sp³-hybridized carbons (Fsp3) is 0.562. The summed E-state index contributed by atoms with van der Waals surface area (Å²) in [6.45, 7) is 4.92. The highest BCUT2D eigenvalue weighted by molar-refractivity contribution is 5.78. The summed E-state index contributed by atoms with van der Waals surface area (Å²) in [7, 11) is 0. The van der Waals surface area contributed by atoms with Gasteiger partial charge in [-0.2, -0.15) is 0 Å². The van der Waals surface area contributed by atoms with Crippen molar-refractivity contribution in [3.05, 3.63) is 35.9 Å². The van der Waals surface area contributed by atoms with E-state index < -0.39 is 11.5 Å². The van der Waals surface area contributed by atoms with E-state index in [0.717, 1.165) is 32.2 Å². The van der Waals surface area contributed by atoms with Crippen molar-refractivity contribution in [1.82, 2.24) is 4.90 Å². The van der Waals surface area contributed by atoms with Crippen molar-refractivity contribution in [1.29, 1.82) is 0 Å². The first-order valence-corrected chi connectivity index (χ1v) is 7.12. The summed E-state index contributed by atoms with van der Waals surface area (Å²) in [5.41, 5.74) is 0.601. The molecule has 1 fully saturated rings. The minimum absolute atomic E-state index is 0.311. The van der Waals surface area contributed by atoms with Gasteiger partial charge in [0.25, 0.3) is 0 Å². The second kappa shape index (κ2) is 5.74. The van der Waals surface area contributed by atoms with Crippen LogP contribution in [0.4, 0.5) is 0 Å². The van der Waals surface area contributed by atoms with Gasteiger partial charge in [-0.15, -0.1) is 0 Å². The third kappa shape index (κ3) is 2.81. The summed E-state index contributed by atoms with van der Waals surface area (Å²) < 4.78 is 0. The molecule has 3 heteroatoms. The van der Waals surface area contributed by atoms with Gasteiger partial charge in [-0.1, -0.05) is 37.3 Å². The first-order valence-electron chi connectivity index (χ1n) is 7.12. The average Bonchev–Trinajstić information content (AvgIpc) is 2.81. The zero-order chi connectivity index (χ0) is 13.9. The second-order valence-electron chi connectivity index (χ2n) is 5.63. The van der Waals surface area contributed by atoms with Crippen LogP contribution in [0.5, 0.6) is 0 Å². The molecule has 1 aromatic carbocycles. The number of carboxylic acid groups (broad SMARTS) is 1. The quantitative estimate of drug-likeness (QED) is 0.886. The van der Waals surface area contributed by atoms with E-state index in [2.05, 4.69) is 24.0 Å². The first-order chi connectivity index (χ1) is 9.08. The van der Waals surface area contributed by atoms with Crippen molar-refractivity contribution in [2.45, 2.75) is 51.1 Å². The number of carboxylic acids is 1. The molecule has 0 amide bonds. The predicted octanol–water partition coefficient (Wildman–Crippen LogP) is 2.95. The van der Waals surface area contributed by atoms with Crippen LogP contribution < -0.4 is 0 Å². The van der Waals surface area contributed by atoms with Gasteiger partial charge in [0.2, 0.25) is 0 Å². The predicted molar refractivity (Wildman–Crippen MR) is 76.2 cm³/mol. The van der Waals surface area contributed by atoms with Crippen LogP contribution in [0.25, 0.3) is 0 Å². The van der Waals surface area contributed by atoms with E-state index in [4.69, 9.17) is 0 Å². The second-order valence-corrected chi connectivity index (χ2v) is 5.63. The minimum Gasteiger partial charge on any atom is -0.480 e. The Kier molecular flexibility index (Phi) is 4.25. The number of likely N-dealkylation sites (tertiary alicyclic amines) is 1. The number of rotatable bonds is 5. The average molecular weight is 261 g/mol. The van der Waals surface area contributed by atoms with Gasteiger partial charge in [0.15, 0.2) is 0 Å². The highest BCUT2D eigenvalue weighted by atomic mass is 16.4. The molecule has 19 heavy (non-hydrogen) atoms. The van der Waals surface area contributed by atoms with E-state index in [9.17, 15) is 9.90 Å². The summed E-state index contributed by atoms with van der Waals surface area (Å²) in [4.78, 5) is 13.8. The van der Waals surface area contributed by atoms with E-state index in [-0.39, 0.29) is 0 Å². The molecule has 2 rings (SSSR count). The van der Waals surface area contributed by atoms with Gasteiger partial charge in [0.1, 0.15) is 5.54 Å². The number of benzene rings is 1. The molecule has 3 nitrogen and oxygen atoms in total. The van der Waals surface area contributed by atoms with Crippen molar-refractivity contribution in [3.63, 3.8) is 0 Å². The first kappa shape index (κ1) is 14.1. The Morgan fingerprint density at radius 3 is 2.68 bits per heavy atom. The van der Waals surface area contributed by atoms with Crippen molar-refractivity contribution in [3.8, 4) is 0 Å². The summed E-state index contributed by atoms with van der Waals surface area (Å²) in [5, 5.41) is 9.51. The van der Waals surface area contributed by atoms with Crippen molar-refractivity contribution >= 4 is 5.97 Å². The molecule has 0 aromatic heterocycles. The molecule has 0 saturated carbocycles. The fourth-order valence-corrected chi connectivity index (χ4v) is 3.16. The molecule has 0 radical (unpaired) electrons. The lowest BCUT2D eigenvalue weighted by Crippen LogP contribution is -2.53. The maximum Gasteiger partial charge on any atom is 0.323 e. The Morgan fingerprint density at radius 1 is 1.42 bits per heavy atom. The van der Waals surface area contributed by atoms with Gasteiger partial charge in [-0.3, -0.25) is 9.69 Å². The van der Waals surface area contributed by atoms with Crippen LogP contribution in [0.1, 0.15) is 38.7 Å². The smallest absolute Gasteiger partial charge is 0.323 e. The van der Waals surface area contributed by atoms with Crippen LogP contribution in [0.15, 0.2) is 30.3 Å². The SMILES string of the molecule is CCC(Cc1ccccc1)N1CCCC1(C)C(=O)O. The van der Waals surface area contributed by atoms with Crippen LogP contribution >= 0.6 is 0 Å². The Hall–Kier alpha value is -1.35. The normalized spacial score (nSPS) is 25.4. The molecule has 0 bridgehead atoms. The van der Waals surface area contributed by atoms with Crippen molar-refractivity contribution in [2.75, 3.05) is 6.54 Å². The number of aliphatic carboxylic acids is 1. The molecule has 2 atom stereocenters. The van der Waals surface area contributed by atoms with E-state index in [1.165, 1.54) is 5.56 Å². The molecule has 1 heterocycles. The molecule has 1 aliphatic heterocycles. The molecule has 1 aliphatic rings. The van der Waals surface area contributed by atoms with Crippen LogP contribution in [-0.2, 0) is 11.2 Å². The van der Waals surface area contributed by atoms with Gasteiger partial charge < -0.3 is 5.11 Å². The van der Waals surface area contributed by atoms with Crippen LogP contribution in [0.3, 0.4) is 0 Å². The molecule has 0 aliphatic carbocycles. The van der Waals surface area contributed by atoms with Crippen LogP contribution in [-0.4, -0.2) is 34.1 Å². The molecule has 1 N–H and O–H groups in total. The van der Waals surface area contributed by atoms with E-state index >= 15 is 0 Å². The summed E-state index contributed by atoms with van der Waals surface area (Å²) >= 11 is 0. The third-order valence-electron chi connectivity index (χ3n) is 4.38. The topological polar surface area (TPSA) is 40.5 Å². The van der Waals surface area contributed by atoms with E-state index in [1.54, 1.807) is 0 Å². The molecular weight excluding hydrogens is 238 g/mol. The van der Waals surface area contributed by atoms with Gasteiger partial charge >= 0.3 is 5.97 Å². The molecule has 1 saturated heterocycles. The molecule has 1 aromatic rings. The Labute approximate surface area is 115 Å². The van der Waals surface area contributed by atoms with Gasteiger partial charge in [0, 0.05) is 6.04 Å². The summed E-state index contributed by atoms with van der Waals surface area (Å²) in [6, 6.07) is 10.7. The van der Waals surface area contributed by atoms with Gasteiger partial charge in [0.05, 0.1) is 0 Å². The lowest BCUT2D eigenvalue weighted by molar-refractivity contribution is -0.150. The van der Waals surface area contributed by atoms with Crippen molar-refractivity contribution in [2.24, 2.45) is 0 Å². The Balaban J connectivity index is 2.15. The number of nitrogens with zero attached hydrogens (tertiary/aromatic N) is 1. The minimum atomic E-state index is -0.685. The fourth-order valence-electron chi connectivity index (χ4n) is 3.16. The highest BCUT2D eigenvalue weighted by Gasteiger charge is 2.45. The monoisotopic (exact) mass is 261 g/mol. The maximum atomic E-state index is 11.6. The summed E-state index contributed by atoms with van der Waals surface area (Å²) in [5.74, 6) is -0.684. The zero-order valence-electron chi connectivity index (χ0n) is 11.8. The molecule has 2 unspecified atom stereocenters. The highest BCUT2D eigenvalue weighted by Crippen LogP contribution is 2.33. The summed E-state index contributed by atoms with van der Waals surface area (Å²) in [6.07, 6.45) is 3.65. The third-order valence-corrected chi connectivity index (χ3v) is 4.38. The molecule has 104 valence electrons. The van der Waals surface area contributed by atoms with Crippen LogP contribution in [0, 0.1) is 0 Å². The van der Waals surface area contributed by atoms with E-state index in [0.29, 0.717) is 6.04 Å². The van der Waals surface area contributed by atoms with Gasteiger partial charge in [-0.05, 0) is 44.7 Å². The standard InChI is InChI=1S/C16H23NO2/c1-3-14(12-13-8-5-4-6-9-13)17-11-7-10-16(17,2)15(18)19/h4-6,8-9,14H,3,7,10-12H2,1-2H3,(H,18,19). The maximum absolute atomic E-state index is 11.6. The Morgan fingerprint density at radius 2 is 2.11 bits per heavy atom.